The number of rotatable bonds is 2. The van der Waals surface area contributed by atoms with Crippen molar-refractivity contribution in [3.05, 3.63) is 12.2 Å². The summed E-state index contributed by atoms with van der Waals surface area (Å²) in [7, 11) is 1.55. The summed E-state index contributed by atoms with van der Waals surface area (Å²) in [6, 6.07) is 0. The van der Waals surface area contributed by atoms with Gasteiger partial charge < -0.3 is 14.9 Å². The summed E-state index contributed by atoms with van der Waals surface area (Å²) in [5, 5.41) is 23.0. The van der Waals surface area contributed by atoms with Gasteiger partial charge in [0.05, 0.1) is 24.7 Å². The van der Waals surface area contributed by atoms with Gasteiger partial charge in [-0.15, -0.1) is 0 Å². The molecule has 11 atom stereocenters. The minimum absolute atomic E-state index is 0.0141. The Morgan fingerprint density at radius 2 is 1.57 bits per heavy atom. The van der Waals surface area contributed by atoms with Gasteiger partial charge in [0.15, 0.2) is 0 Å². The number of esters is 1. The van der Waals surface area contributed by atoms with Gasteiger partial charge in [-0.05, 0) is 111 Å². The number of carbonyl (C=O) groups excluding carboxylic acids is 1. The van der Waals surface area contributed by atoms with Crippen LogP contribution in [0.4, 0.5) is 0 Å². The van der Waals surface area contributed by atoms with E-state index in [1.54, 1.807) is 7.11 Å². The predicted octanol–water partition coefficient (Wildman–Crippen LogP) is 6.15. The molecule has 4 nitrogen and oxygen atoms in total. The van der Waals surface area contributed by atoms with Crippen LogP contribution in [0, 0.1) is 56.7 Å². The lowest BCUT2D eigenvalue weighted by Crippen LogP contribution is -2.71. The molecule has 5 saturated carbocycles. The molecule has 0 saturated heterocycles. The molecule has 5 rings (SSSR count). The van der Waals surface area contributed by atoms with Crippen LogP contribution in [0.15, 0.2) is 12.2 Å². The van der Waals surface area contributed by atoms with Gasteiger partial charge in [-0.3, -0.25) is 4.79 Å². The molecule has 0 amide bonds. The van der Waals surface area contributed by atoms with Crippen molar-refractivity contribution < 1.29 is 19.7 Å². The topological polar surface area (TPSA) is 66.8 Å². The highest BCUT2D eigenvalue weighted by Crippen LogP contribution is 2.77. The van der Waals surface area contributed by atoms with E-state index >= 15 is 0 Å². The summed E-state index contributed by atoms with van der Waals surface area (Å²) in [5.41, 5.74) is 0.500. The van der Waals surface area contributed by atoms with Gasteiger partial charge in [-0.1, -0.05) is 46.8 Å². The van der Waals surface area contributed by atoms with E-state index in [4.69, 9.17) is 4.74 Å². The summed E-state index contributed by atoms with van der Waals surface area (Å²) in [6.07, 6.45) is 7.96. The Balaban J connectivity index is 1.60. The van der Waals surface area contributed by atoms with Gasteiger partial charge in [0.1, 0.15) is 0 Å². The number of fused-ring (bicyclic) bond motifs is 7. The van der Waals surface area contributed by atoms with E-state index in [1.807, 2.05) is 0 Å². The van der Waals surface area contributed by atoms with E-state index in [0.29, 0.717) is 23.7 Å². The number of hydrogen-bond acceptors (Lipinski definition) is 4. The second kappa shape index (κ2) is 7.82. The Morgan fingerprint density at radius 3 is 2.20 bits per heavy atom. The van der Waals surface area contributed by atoms with Crippen LogP contribution in [0.25, 0.3) is 0 Å². The van der Waals surface area contributed by atoms with Crippen molar-refractivity contribution in [1.82, 2.24) is 0 Å². The van der Waals surface area contributed by atoms with Gasteiger partial charge in [-0.2, -0.15) is 0 Å². The van der Waals surface area contributed by atoms with Crippen LogP contribution < -0.4 is 0 Å². The maximum absolute atomic E-state index is 13.4. The lowest BCUT2D eigenvalue weighted by atomic mass is 9.31. The fraction of sp³-hybridized carbons (Fsp3) is 0.903. The zero-order chi connectivity index (χ0) is 25.8. The first-order chi connectivity index (χ1) is 16.2. The molecule has 0 bridgehead atoms. The Kier molecular flexibility index (Phi) is 5.76. The minimum atomic E-state index is -0.394. The molecular formula is C31H50O4. The van der Waals surface area contributed by atoms with Crippen molar-refractivity contribution in [2.45, 2.75) is 112 Å². The summed E-state index contributed by atoms with van der Waals surface area (Å²) >= 11 is 0. The van der Waals surface area contributed by atoms with Gasteiger partial charge in [0, 0.05) is 5.41 Å². The molecule has 5 aliphatic carbocycles. The second-order valence-corrected chi connectivity index (χ2v) is 14.8. The average molecular weight is 487 g/mol. The molecule has 0 aromatic carbocycles. The number of aliphatic hydroxyl groups excluding tert-OH is 2. The molecular weight excluding hydrogens is 436 g/mol. The Labute approximate surface area is 213 Å². The maximum Gasteiger partial charge on any atom is 0.312 e. The van der Waals surface area contributed by atoms with E-state index in [1.165, 1.54) is 5.57 Å². The Morgan fingerprint density at radius 1 is 0.886 bits per heavy atom. The van der Waals surface area contributed by atoms with Gasteiger partial charge in [0.2, 0.25) is 0 Å². The zero-order valence-electron chi connectivity index (χ0n) is 23.3. The number of hydrogen-bond donors (Lipinski definition) is 2. The predicted molar refractivity (Wildman–Crippen MR) is 138 cm³/mol. The van der Waals surface area contributed by atoms with Crippen molar-refractivity contribution in [2.75, 3.05) is 7.11 Å². The molecule has 4 heteroatoms. The maximum atomic E-state index is 13.4. The van der Waals surface area contributed by atoms with Crippen molar-refractivity contribution in [2.24, 2.45) is 56.7 Å². The van der Waals surface area contributed by atoms with Crippen LogP contribution >= 0.6 is 0 Å². The quantitative estimate of drug-likeness (QED) is 0.363. The van der Waals surface area contributed by atoms with E-state index in [-0.39, 0.29) is 39.7 Å². The summed E-state index contributed by atoms with van der Waals surface area (Å²) in [4.78, 5) is 13.4. The fourth-order valence-electron chi connectivity index (χ4n) is 11.6. The number of methoxy groups -OCH3 is 1. The minimum Gasteiger partial charge on any atom is -0.469 e. The van der Waals surface area contributed by atoms with Gasteiger partial charge >= 0.3 is 5.97 Å². The molecule has 5 fully saturated rings. The van der Waals surface area contributed by atoms with Crippen LogP contribution in [-0.4, -0.2) is 35.5 Å². The van der Waals surface area contributed by atoms with Crippen LogP contribution in [0.3, 0.4) is 0 Å². The van der Waals surface area contributed by atoms with E-state index in [0.717, 1.165) is 57.8 Å². The third-order valence-electron chi connectivity index (χ3n) is 13.7. The third kappa shape index (κ3) is 2.96. The summed E-state index contributed by atoms with van der Waals surface area (Å²) in [6.45, 7) is 18.3. The highest BCUT2D eigenvalue weighted by molar-refractivity contribution is 5.78. The highest BCUT2D eigenvalue weighted by atomic mass is 16.5. The van der Waals surface area contributed by atoms with E-state index < -0.39 is 11.5 Å². The van der Waals surface area contributed by atoms with E-state index in [9.17, 15) is 15.0 Å². The first-order valence-electron chi connectivity index (χ1n) is 14.3. The Bertz CT molecular complexity index is 910. The number of carbonyl (C=O) groups is 1. The van der Waals surface area contributed by atoms with Crippen molar-refractivity contribution in [3.63, 3.8) is 0 Å². The number of allylic oxidation sites excluding steroid dienone is 1. The van der Waals surface area contributed by atoms with Crippen LogP contribution in [0.2, 0.25) is 0 Å². The molecule has 0 aromatic heterocycles. The van der Waals surface area contributed by atoms with Gasteiger partial charge in [-0.25, -0.2) is 0 Å². The molecule has 198 valence electrons. The molecule has 0 aliphatic heterocycles. The third-order valence-corrected chi connectivity index (χ3v) is 13.7. The van der Waals surface area contributed by atoms with Crippen molar-refractivity contribution in [1.29, 1.82) is 0 Å². The first kappa shape index (κ1) is 25.8. The Hall–Kier alpha value is -0.870. The van der Waals surface area contributed by atoms with Crippen LogP contribution in [0.1, 0.15) is 99.3 Å². The molecule has 35 heavy (non-hydrogen) atoms. The van der Waals surface area contributed by atoms with Crippen LogP contribution in [-0.2, 0) is 9.53 Å². The van der Waals surface area contributed by atoms with E-state index in [2.05, 4.69) is 48.1 Å². The van der Waals surface area contributed by atoms with Crippen LogP contribution in [0.5, 0.6) is 0 Å². The molecule has 0 radical (unpaired) electrons. The first-order valence-corrected chi connectivity index (χ1v) is 14.3. The number of ether oxygens (including phenoxy) is 1. The average Bonchev–Trinajstić information content (AvgIpc) is 3.20. The largest absolute Gasteiger partial charge is 0.469 e. The standard InChI is InChI=1S/C31H50O4/c1-18(2)19-11-14-31(26(34)35-8)16-15-29(6)20(25(19)31)9-10-21-28(5)13-12-23(32)27(3,4)22(28)17-24(33)30(21,29)7/h19-25,32-33H,1,9-17H2,2-8H3/t19-,20+,21+,22+,23-,24-,25+,28-,29-,30+,31+/m0/s1. The fourth-order valence-corrected chi connectivity index (χ4v) is 11.6. The smallest absolute Gasteiger partial charge is 0.312 e. The summed E-state index contributed by atoms with van der Waals surface area (Å²) < 4.78 is 5.47. The highest BCUT2D eigenvalue weighted by Gasteiger charge is 2.74. The molecule has 0 spiro atoms. The number of aliphatic hydroxyl groups is 2. The SMILES string of the molecule is C=C(C)[C@@H]1CC[C@@]2(C(=O)OC)CC[C@@]3(C)[C@H](CC[C@@H]4[C@]5(C)CC[C@H](O)C(C)(C)[C@H]5C[C@H](O)[C@@]43C)[C@@H]12. The molecule has 0 unspecified atom stereocenters. The van der Waals surface area contributed by atoms with Crippen molar-refractivity contribution >= 4 is 5.97 Å². The monoisotopic (exact) mass is 486 g/mol. The molecule has 5 aliphatic rings. The molecule has 0 heterocycles. The molecule has 0 aromatic rings. The lowest BCUT2D eigenvalue weighted by molar-refractivity contribution is -0.283. The normalized spacial score (nSPS) is 54.6. The second-order valence-electron chi connectivity index (χ2n) is 14.8. The summed E-state index contributed by atoms with van der Waals surface area (Å²) in [5.74, 6) is 1.72. The lowest BCUT2D eigenvalue weighted by Gasteiger charge is -2.73. The van der Waals surface area contributed by atoms with Crippen molar-refractivity contribution in [3.8, 4) is 0 Å². The molecule has 2 N–H and O–H groups in total. The van der Waals surface area contributed by atoms with Gasteiger partial charge in [0.25, 0.3) is 0 Å². The zero-order valence-corrected chi connectivity index (χ0v) is 23.3.